The Bertz CT molecular complexity index is 831. The lowest BCUT2D eigenvalue weighted by Crippen LogP contribution is -1.96. The third-order valence-corrected chi connectivity index (χ3v) is 3.33. The number of aromatic nitrogens is 2. The molecule has 3 rings (SSSR count). The molecule has 1 aromatic carbocycles. The van der Waals surface area contributed by atoms with E-state index < -0.39 is 0 Å². The molecule has 0 amide bonds. The lowest BCUT2D eigenvalue weighted by atomic mass is 10.1. The second-order valence-electron chi connectivity index (χ2n) is 5.07. The molecular weight excluding hydrogens is 288 g/mol. The van der Waals surface area contributed by atoms with Crippen LogP contribution in [-0.4, -0.2) is 22.8 Å². The van der Waals surface area contributed by atoms with Gasteiger partial charge in [0, 0.05) is 29.5 Å². The Balaban J connectivity index is 1.89. The number of hydrogen-bond donors (Lipinski definition) is 1. The first-order valence-corrected chi connectivity index (χ1v) is 7.49. The molecule has 116 valence electrons. The third kappa shape index (κ3) is 3.63. The normalized spacial score (nSPS) is 11.0. The molecule has 23 heavy (non-hydrogen) atoms. The first-order chi connectivity index (χ1) is 11.3. The van der Waals surface area contributed by atoms with E-state index in [2.05, 4.69) is 20.5 Å². The standard InChI is InChI=1S/C18H18N4O/c1-3-23-15-4-5-16-17(11-15)21-13(2)10-18(16)22-20-12-14-6-8-19-9-7-14/h4-12H,3H2,1-2H3,(H,21,22)/b20-12-. The van der Waals surface area contributed by atoms with Gasteiger partial charge in [0.1, 0.15) is 5.75 Å². The molecule has 5 heteroatoms. The van der Waals surface area contributed by atoms with Crippen molar-refractivity contribution in [3.63, 3.8) is 0 Å². The van der Waals surface area contributed by atoms with E-state index in [0.717, 1.165) is 33.6 Å². The SMILES string of the molecule is CCOc1ccc2c(N/N=C\c3ccncc3)cc(C)nc2c1. The smallest absolute Gasteiger partial charge is 0.121 e. The zero-order chi connectivity index (χ0) is 16.1. The number of aryl methyl sites for hydroxylation is 1. The number of nitrogens with zero attached hydrogens (tertiary/aromatic N) is 3. The Morgan fingerprint density at radius 1 is 1.17 bits per heavy atom. The van der Waals surface area contributed by atoms with Crippen LogP contribution in [0.25, 0.3) is 10.9 Å². The maximum absolute atomic E-state index is 5.54. The number of hydrogen-bond acceptors (Lipinski definition) is 5. The van der Waals surface area contributed by atoms with E-state index in [0.29, 0.717) is 6.61 Å². The first kappa shape index (κ1) is 15.0. The van der Waals surface area contributed by atoms with Crippen molar-refractivity contribution in [2.45, 2.75) is 13.8 Å². The van der Waals surface area contributed by atoms with Gasteiger partial charge in [-0.3, -0.25) is 15.4 Å². The molecule has 0 unspecified atom stereocenters. The van der Waals surface area contributed by atoms with Crippen LogP contribution in [0.2, 0.25) is 0 Å². The van der Waals surface area contributed by atoms with E-state index in [1.165, 1.54) is 0 Å². The summed E-state index contributed by atoms with van der Waals surface area (Å²) < 4.78 is 5.54. The van der Waals surface area contributed by atoms with Crippen LogP contribution in [0.3, 0.4) is 0 Å². The second-order valence-corrected chi connectivity index (χ2v) is 5.07. The van der Waals surface area contributed by atoms with E-state index in [4.69, 9.17) is 4.74 Å². The molecule has 2 aromatic heterocycles. The number of hydrazone groups is 1. The van der Waals surface area contributed by atoms with E-state index in [1.54, 1.807) is 18.6 Å². The molecule has 3 aromatic rings. The summed E-state index contributed by atoms with van der Waals surface area (Å²) in [5, 5.41) is 5.31. The number of anilines is 1. The molecule has 0 radical (unpaired) electrons. The van der Waals surface area contributed by atoms with Crippen LogP contribution in [0, 0.1) is 6.92 Å². The second kappa shape index (κ2) is 6.87. The molecular formula is C18H18N4O. The van der Waals surface area contributed by atoms with Crippen LogP contribution in [0.1, 0.15) is 18.2 Å². The van der Waals surface area contributed by atoms with Crippen LogP contribution in [0.15, 0.2) is 53.9 Å². The van der Waals surface area contributed by atoms with Crippen molar-refractivity contribution < 1.29 is 4.74 Å². The van der Waals surface area contributed by atoms with Crippen LogP contribution >= 0.6 is 0 Å². The summed E-state index contributed by atoms with van der Waals surface area (Å²) in [5.74, 6) is 0.823. The zero-order valence-electron chi connectivity index (χ0n) is 13.2. The highest BCUT2D eigenvalue weighted by Gasteiger charge is 2.05. The monoisotopic (exact) mass is 306 g/mol. The number of fused-ring (bicyclic) bond motifs is 1. The van der Waals surface area contributed by atoms with Crippen LogP contribution < -0.4 is 10.2 Å². The van der Waals surface area contributed by atoms with Crippen molar-refractivity contribution in [3.8, 4) is 5.75 Å². The highest BCUT2D eigenvalue weighted by Crippen LogP contribution is 2.26. The highest BCUT2D eigenvalue weighted by molar-refractivity contribution is 5.92. The maximum Gasteiger partial charge on any atom is 0.121 e. The van der Waals surface area contributed by atoms with Gasteiger partial charge in [0.15, 0.2) is 0 Å². The van der Waals surface area contributed by atoms with Crippen molar-refractivity contribution in [2.24, 2.45) is 5.10 Å². The lowest BCUT2D eigenvalue weighted by molar-refractivity contribution is 0.340. The quantitative estimate of drug-likeness (QED) is 0.575. The minimum atomic E-state index is 0.638. The summed E-state index contributed by atoms with van der Waals surface area (Å²) in [5.41, 5.74) is 6.81. The lowest BCUT2D eigenvalue weighted by Gasteiger charge is -2.09. The molecule has 0 atom stereocenters. The van der Waals surface area contributed by atoms with Crippen LogP contribution in [-0.2, 0) is 0 Å². The molecule has 0 aliphatic rings. The van der Waals surface area contributed by atoms with E-state index in [9.17, 15) is 0 Å². The molecule has 2 heterocycles. The third-order valence-electron chi connectivity index (χ3n) is 3.33. The van der Waals surface area contributed by atoms with Crippen LogP contribution in [0.5, 0.6) is 5.75 Å². The van der Waals surface area contributed by atoms with Gasteiger partial charge in [0.05, 0.1) is 24.0 Å². The van der Waals surface area contributed by atoms with Crippen LogP contribution in [0.4, 0.5) is 5.69 Å². The van der Waals surface area contributed by atoms with Gasteiger partial charge in [0.25, 0.3) is 0 Å². The van der Waals surface area contributed by atoms with Gasteiger partial charge in [0.2, 0.25) is 0 Å². The summed E-state index contributed by atoms with van der Waals surface area (Å²) in [6.45, 7) is 4.57. The molecule has 0 aliphatic heterocycles. The van der Waals surface area contributed by atoms with E-state index in [1.807, 2.05) is 50.2 Å². The van der Waals surface area contributed by atoms with Gasteiger partial charge in [-0.25, -0.2) is 0 Å². The predicted octanol–water partition coefficient (Wildman–Crippen LogP) is 3.78. The topological polar surface area (TPSA) is 59.4 Å². The predicted molar refractivity (Wildman–Crippen MR) is 93.1 cm³/mol. The van der Waals surface area contributed by atoms with Crippen molar-refractivity contribution in [1.82, 2.24) is 9.97 Å². The van der Waals surface area contributed by atoms with Crippen molar-refractivity contribution >= 4 is 22.8 Å². The van der Waals surface area contributed by atoms with Crippen molar-refractivity contribution in [1.29, 1.82) is 0 Å². The summed E-state index contributed by atoms with van der Waals surface area (Å²) in [6.07, 6.45) is 5.24. The summed E-state index contributed by atoms with van der Waals surface area (Å²) in [7, 11) is 0. The van der Waals surface area contributed by atoms with Gasteiger partial charge in [-0.05, 0) is 49.7 Å². The number of ether oxygens (including phenoxy) is 1. The Morgan fingerprint density at radius 2 is 2.00 bits per heavy atom. The van der Waals surface area contributed by atoms with Gasteiger partial charge < -0.3 is 4.74 Å². The molecule has 5 nitrogen and oxygen atoms in total. The fraction of sp³-hybridized carbons (Fsp3) is 0.167. The molecule has 0 saturated carbocycles. The van der Waals surface area contributed by atoms with Gasteiger partial charge >= 0.3 is 0 Å². The fourth-order valence-electron chi connectivity index (χ4n) is 2.32. The summed E-state index contributed by atoms with van der Waals surface area (Å²) in [4.78, 5) is 8.55. The number of rotatable bonds is 5. The van der Waals surface area contributed by atoms with Crippen molar-refractivity contribution in [2.75, 3.05) is 12.0 Å². The Labute approximate surface area is 135 Å². The number of pyridine rings is 2. The minimum absolute atomic E-state index is 0.638. The average molecular weight is 306 g/mol. The Morgan fingerprint density at radius 3 is 2.78 bits per heavy atom. The number of nitrogens with one attached hydrogen (secondary N) is 1. The largest absolute Gasteiger partial charge is 0.494 e. The first-order valence-electron chi connectivity index (χ1n) is 7.49. The van der Waals surface area contributed by atoms with Crippen molar-refractivity contribution in [3.05, 3.63) is 60.0 Å². The molecule has 0 spiro atoms. The van der Waals surface area contributed by atoms with Gasteiger partial charge in [-0.1, -0.05) is 0 Å². The molecule has 1 N–H and O–H groups in total. The van der Waals surface area contributed by atoms with Gasteiger partial charge in [-0.15, -0.1) is 0 Å². The maximum atomic E-state index is 5.54. The summed E-state index contributed by atoms with van der Waals surface area (Å²) in [6, 6.07) is 11.7. The minimum Gasteiger partial charge on any atom is -0.494 e. The van der Waals surface area contributed by atoms with E-state index in [-0.39, 0.29) is 0 Å². The Hall–Kier alpha value is -2.95. The molecule has 0 aliphatic carbocycles. The number of benzene rings is 1. The average Bonchev–Trinajstić information content (AvgIpc) is 2.55. The van der Waals surface area contributed by atoms with Gasteiger partial charge in [-0.2, -0.15) is 5.10 Å². The Kier molecular flexibility index (Phi) is 4.47. The van der Waals surface area contributed by atoms with E-state index >= 15 is 0 Å². The molecule has 0 bridgehead atoms. The highest BCUT2D eigenvalue weighted by atomic mass is 16.5. The zero-order valence-corrected chi connectivity index (χ0v) is 13.2. The molecule has 0 saturated heterocycles. The summed E-state index contributed by atoms with van der Waals surface area (Å²) >= 11 is 0. The fourth-order valence-corrected chi connectivity index (χ4v) is 2.32. The molecule has 0 fully saturated rings.